The van der Waals surface area contributed by atoms with Gasteiger partial charge in [0.05, 0.1) is 6.26 Å². The van der Waals surface area contributed by atoms with Crippen LogP contribution < -0.4 is 0 Å². The van der Waals surface area contributed by atoms with Gasteiger partial charge < -0.3 is 0 Å². The fourth-order valence-electron chi connectivity index (χ4n) is 0.602. The molecule has 1 atom stereocenters. The Morgan fingerprint density at radius 3 is 2.45 bits per heavy atom. The molecule has 0 bridgehead atoms. The monoisotopic (exact) mass is 184 g/mol. The van der Waals surface area contributed by atoms with Gasteiger partial charge in [0.15, 0.2) is 0 Å². The minimum Gasteiger partial charge on any atom is -0.233 e. The molecule has 0 spiro atoms. The van der Waals surface area contributed by atoms with Crippen LogP contribution in [0.15, 0.2) is 0 Å². The Balaban J connectivity index is 3.61. The van der Waals surface area contributed by atoms with Crippen molar-refractivity contribution in [2.24, 2.45) is 0 Å². The lowest BCUT2D eigenvalue weighted by Crippen LogP contribution is -2.12. The van der Waals surface area contributed by atoms with Crippen molar-refractivity contribution < 1.29 is 17.0 Å². The van der Waals surface area contributed by atoms with Gasteiger partial charge in [-0.15, -0.1) is 0 Å². The topological polar surface area (TPSA) is 43.4 Å². The predicted octanol–water partition coefficient (Wildman–Crippen LogP) is 1.45. The molecule has 0 aliphatic rings. The smallest absolute Gasteiger partial charge is 0.233 e. The van der Waals surface area contributed by atoms with Crippen molar-refractivity contribution in [3.8, 4) is 0 Å². The Hall–Kier alpha value is -0.160. The van der Waals surface area contributed by atoms with Gasteiger partial charge in [-0.2, -0.15) is 8.42 Å². The Morgan fingerprint density at radius 2 is 2.09 bits per heavy atom. The van der Waals surface area contributed by atoms with E-state index in [1.807, 2.05) is 6.92 Å². The maximum atomic E-state index is 12.5. The molecule has 0 saturated carbocycles. The first-order valence-electron chi connectivity index (χ1n) is 3.48. The molecule has 0 aliphatic heterocycles. The summed E-state index contributed by atoms with van der Waals surface area (Å²) in [7, 11) is -3.63. The standard InChI is InChI=1S/C6H13FO3S/c1-3-4-5-6(7)10-11(2,8)9/h6H,3-5H2,1-2H3. The molecule has 0 aliphatic carbocycles. The summed E-state index contributed by atoms with van der Waals surface area (Å²) in [4.78, 5) is 0. The van der Waals surface area contributed by atoms with E-state index in [1.165, 1.54) is 0 Å². The first kappa shape index (κ1) is 10.8. The molecule has 0 N–H and O–H groups in total. The van der Waals surface area contributed by atoms with Crippen LogP contribution in [-0.4, -0.2) is 21.0 Å². The van der Waals surface area contributed by atoms with Crippen LogP contribution in [-0.2, 0) is 14.3 Å². The molecule has 0 fully saturated rings. The molecular weight excluding hydrogens is 171 g/mol. The molecule has 0 heterocycles. The Kier molecular flexibility index (Phi) is 4.60. The van der Waals surface area contributed by atoms with Gasteiger partial charge in [0.25, 0.3) is 10.1 Å². The van der Waals surface area contributed by atoms with E-state index in [0.29, 0.717) is 6.42 Å². The summed E-state index contributed by atoms with van der Waals surface area (Å²) in [6.07, 6.45) is 0.768. The van der Waals surface area contributed by atoms with Crippen LogP contribution in [0.1, 0.15) is 26.2 Å². The number of halogens is 1. The lowest BCUT2D eigenvalue weighted by Gasteiger charge is -2.05. The van der Waals surface area contributed by atoms with E-state index in [1.54, 1.807) is 0 Å². The van der Waals surface area contributed by atoms with Gasteiger partial charge in [-0.25, -0.2) is 8.57 Å². The first-order chi connectivity index (χ1) is 4.95. The zero-order chi connectivity index (χ0) is 8.91. The first-order valence-corrected chi connectivity index (χ1v) is 5.29. The van der Waals surface area contributed by atoms with Gasteiger partial charge in [-0.3, -0.25) is 0 Å². The second-order valence-corrected chi connectivity index (χ2v) is 3.95. The number of hydrogen-bond acceptors (Lipinski definition) is 3. The summed E-state index contributed by atoms with van der Waals surface area (Å²) < 4.78 is 37.2. The van der Waals surface area contributed by atoms with E-state index in [9.17, 15) is 12.8 Å². The minimum absolute atomic E-state index is 0.142. The normalized spacial score (nSPS) is 14.8. The molecule has 0 radical (unpaired) electrons. The summed E-state index contributed by atoms with van der Waals surface area (Å²) in [5.74, 6) is 0. The van der Waals surface area contributed by atoms with Crippen LogP contribution in [0.3, 0.4) is 0 Å². The quantitative estimate of drug-likeness (QED) is 0.607. The molecule has 0 aromatic carbocycles. The zero-order valence-corrected chi connectivity index (χ0v) is 7.53. The Bertz CT molecular complexity index is 188. The van der Waals surface area contributed by atoms with E-state index < -0.39 is 16.5 Å². The van der Waals surface area contributed by atoms with Crippen LogP contribution in [0.25, 0.3) is 0 Å². The summed E-state index contributed by atoms with van der Waals surface area (Å²) in [5.41, 5.74) is 0. The fraction of sp³-hybridized carbons (Fsp3) is 1.00. The van der Waals surface area contributed by atoms with Crippen molar-refractivity contribution >= 4 is 10.1 Å². The van der Waals surface area contributed by atoms with Crippen LogP contribution in [0, 0.1) is 0 Å². The lowest BCUT2D eigenvalue weighted by molar-refractivity contribution is 0.0653. The number of hydrogen-bond donors (Lipinski definition) is 0. The average Bonchev–Trinajstić information content (AvgIpc) is 1.79. The number of rotatable bonds is 5. The lowest BCUT2D eigenvalue weighted by atomic mass is 10.3. The average molecular weight is 184 g/mol. The maximum Gasteiger partial charge on any atom is 0.267 e. The molecule has 0 amide bonds. The van der Waals surface area contributed by atoms with Gasteiger partial charge in [-0.05, 0) is 6.42 Å². The van der Waals surface area contributed by atoms with Crippen LogP contribution >= 0.6 is 0 Å². The van der Waals surface area contributed by atoms with E-state index in [4.69, 9.17) is 0 Å². The molecule has 0 aromatic rings. The van der Waals surface area contributed by atoms with Crippen molar-refractivity contribution in [1.29, 1.82) is 0 Å². The third kappa shape index (κ3) is 7.74. The van der Waals surface area contributed by atoms with Gasteiger partial charge in [0, 0.05) is 6.42 Å². The molecule has 5 heteroatoms. The molecule has 11 heavy (non-hydrogen) atoms. The third-order valence-corrected chi connectivity index (χ3v) is 1.62. The van der Waals surface area contributed by atoms with Crippen LogP contribution in [0.2, 0.25) is 0 Å². The fourth-order valence-corrected chi connectivity index (χ4v) is 1.08. The van der Waals surface area contributed by atoms with Crippen molar-refractivity contribution in [1.82, 2.24) is 0 Å². The van der Waals surface area contributed by atoms with Crippen LogP contribution in [0.5, 0.6) is 0 Å². The highest BCUT2D eigenvalue weighted by Crippen LogP contribution is 2.08. The maximum absolute atomic E-state index is 12.5. The summed E-state index contributed by atoms with van der Waals surface area (Å²) in [6, 6.07) is 0. The summed E-state index contributed by atoms with van der Waals surface area (Å²) in [5, 5.41) is 0. The molecule has 0 aromatic heterocycles. The van der Waals surface area contributed by atoms with Crippen molar-refractivity contribution in [2.75, 3.05) is 6.26 Å². The largest absolute Gasteiger partial charge is 0.267 e. The predicted molar refractivity (Wildman–Crippen MR) is 40.3 cm³/mol. The third-order valence-electron chi connectivity index (χ3n) is 1.06. The number of alkyl halides is 1. The van der Waals surface area contributed by atoms with E-state index in [0.717, 1.165) is 12.7 Å². The Morgan fingerprint density at radius 1 is 1.55 bits per heavy atom. The molecule has 1 unspecified atom stereocenters. The van der Waals surface area contributed by atoms with Crippen molar-refractivity contribution in [3.63, 3.8) is 0 Å². The van der Waals surface area contributed by atoms with Crippen LogP contribution in [0.4, 0.5) is 4.39 Å². The second kappa shape index (κ2) is 4.66. The highest BCUT2D eigenvalue weighted by molar-refractivity contribution is 7.86. The molecular formula is C6H13FO3S. The number of unbranched alkanes of at least 4 members (excludes halogenated alkanes) is 1. The highest BCUT2D eigenvalue weighted by atomic mass is 32.2. The molecule has 68 valence electrons. The summed E-state index contributed by atoms with van der Waals surface area (Å²) in [6.45, 7) is 1.90. The second-order valence-electron chi connectivity index (χ2n) is 2.35. The SMILES string of the molecule is CCCCC(F)OS(C)(=O)=O. The Labute approximate surface area is 66.7 Å². The van der Waals surface area contributed by atoms with Gasteiger partial charge in [0.1, 0.15) is 0 Å². The minimum atomic E-state index is -3.63. The summed E-state index contributed by atoms with van der Waals surface area (Å²) >= 11 is 0. The molecule has 0 saturated heterocycles. The highest BCUT2D eigenvalue weighted by Gasteiger charge is 2.12. The van der Waals surface area contributed by atoms with E-state index >= 15 is 0 Å². The van der Waals surface area contributed by atoms with Gasteiger partial charge in [0.2, 0.25) is 6.36 Å². The molecule has 3 nitrogen and oxygen atoms in total. The van der Waals surface area contributed by atoms with Crippen molar-refractivity contribution in [2.45, 2.75) is 32.5 Å². The zero-order valence-electron chi connectivity index (χ0n) is 6.71. The van der Waals surface area contributed by atoms with Gasteiger partial charge >= 0.3 is 0 Å². The van der Waals surface area contributed by atoms with Gasteiger partial charge in [-0.1, -0.05) is 13.3 Å². The van der Waals surface area contributed by atoms with E-state index in [2.05, 4.69) is 4.18 Å². The molecule has 0 rings (SSSR count). The van der Waals surface area contributed by atoms with E-state index in [-0.39, 0.29) is 6.42 Å². The van der Waals surface area contributed by atoms with Crippen molar-refractivity contribution in [3.05, 3.63) is 0 Å².